The van der Waals surface area contributed by atoms with Gasteiger partial charge in [0.05, 0.1) is 6.54 Å². The van der Waals surface area contributed by atoms with Crippen LogP contribution in [0.5, 0.6) is 0 Å². The summed E-state index contributed by atoms with van der Waals surface area (Å²) < 4.78 is 1.52. The molecule has 1 amide bonds. The molecule has 0 spiro atoms. The number of amides is 1. The molecule has 0 saturated carbocycles. The normalized spacial score (nSPS) is 12.2. The first kappa shape index (κ1) is 15.7. The molecule has 0 saturated heterocycles. The highest BCUT2D eigenvalue weighted by Crippen LogP contribution is 2.19. The number of carbonyl (C=O) groups excluding carboxylic acids is 1. The highest BCUT2D eigenvalue weighted by Gasteiger charge is 2.21. The molecule has 0 fully saturated rings. The van der Waals surface area contributed by atoms with E-state index in [1.807, 2.05) is 24.3 Å². The molecule has 0 unspecified atom stereocenters. The van der Waals surface area contributed by atoms with Gasteiger partial charge in [0.25, 0.3) is 0 Å². The number of carboxylic acid groups (broad SMARTS) is 1. The minimum atomic E-state index is -1.06. The fraction of sp³-hybridized carbons (Fsp3) is 0.250. The number of carboxylic acids is 1. The van der Waals surface area contributed by atoms with E-state index in [0.29, 0.717) is 6.54 Å². The number of nitrogens with zero attached hydrogens (tertiary/aromatic N) is 3. The van der Waals surface area contributed by atoms with Gasteiger partial charge in [0.2, 0.25) is 5.91 Å². The van der Waals surface area contributed by atoms with E-state index in [-0.39, 0.29) is 18.7 Å². The van der Waals surface area contributed by atoms with E-state index in [1.54, 1.807) is 6.20 Å². The maximum atomic E-state index is 12.0. The van der Waals surface area contributed by atoms with Crippen molar-refractivity contribution in [2.24, 2.45) is 0 Å². The van der Waals surface area contributed by atoms with Gasteiger partial charge in [-0.05, 0) is 11.6 Å². The molecule has 124 valence electrons. The zero-order valence-electron chi connectivity index (χ0n) is 12.8. The SMILES string of the molecule is O=C(CCn1cncn1)N[C@@H](Cc1c[nH]c2ccccc12)C(=O)O. The minimum Gasteiger partial charge on any atom is -0.480 e. The Bertz CT molecular complexity index is 840. The monoisotopic (exact) mass is 327 g/mol. The number of aromatic amines is 1. The highest BCUT2D eigenvalue weighted by atomic mass is 16.4. The van der Waals surface area contributed by atoms with Crippen LogP contribution < -0.4 is 5.32 Å². The van der Waals surface area contributed by atoms with Crippen LogP contribution in [-0.4, -0.2) is 42.8 Å². The number of aryl methyl sites for hydroxylation is 1. The van der Waals surface area contributed by atoms with Crippen LogP contribution in [0.15, 0.2) is 43.1 Å². The Morgan fingerprint density at radius 2 is 2.17 bits per heavy atom. The maximum absolute atomic E-state index is 12.0. The first-order chi connectivity index (χ1) is 11.6. The molecule has 3 aromatic rings. The molecule has 3 rings (SSSR count). The van der Waals surface area contributed by atoms with Crippen molar-refractivity contribution < 1.29 is 14.7 Å². The molecule has 2 heterocycles. The summed E-state index contributed by atoms with van der Waals surface area (Å²) in [5.41, 5.74) is 1.80. The smallest absolute Gasteiger partial charge is 0.326 e. The molecule has 0 bridgehead atoms. The van der Waals surface area contributed by atoms with Crippen LogP contribution in [0.3, 0.4) is 0 Å². The summed E-state index contributed by atoms with van der Waals surface area (Å²) in [7, 11) is 0. The number of hydrogen-bond donors (Lipinski definition) is 3. The molecule has 0 aliphatic rings. The molecule has 0 aliphatic carbocycles. The van der Waals surface area contributed by atoms with Gasteiger partial charge in [-0.1, -0.05) is 18.2 Å². The lowest BCUT2D eigenvalue weighted by atomic mass is 10.0. The van der Waals surface area contributed by atoms with E-state index in [1.165, 1.54) is 17.3 Å². The van der Waals surface area contributed by atoms with Gasteiger partial charge in [0.1, 0.15) is 18.7 Å². The van der Waals surface area contributed by atoms with Crippen LogP contribution in [0.1, 0.15) is 12.0 Å². The van der Waals surface area contributed by atoms with Crippen molar-refractivity contribution in [3.05, 3.63) is 48.7 Å². The van der Waals surface area contributed by atoms with E-state index in [4.69, 9.17) is 0 Å². The molecule has 8 nitrogen and oxygen atoms in total. The number of hydrogen-bond acceptors (Lipinski definition) is 4. The molecule has 0 radical (unpaired) electrons. The molecular formula is C16H17N5O3. The molecule has 24 heavy (non-hydrogen) atoms. The van der Waals surface area contributed by atoms with Crippen molar-refractivity contribution in [3.63, 3.8) is 0 Å². The molecular weight excluding hydrogens is 310 g/mol. The van der Waals surface area contributed by atoms with Crippen LogP contribution in [0.4, 0.5) is 0 Å². The summed E-state index contributed by atoms with van der Waals surface area (Å²) in [5.74, 6) is -1.40. The number of benzene rings is 1. The zero-order valence-corrected chi connectivity index (χ0v) is 12.8. The van der Waals surface area contributed by atoms with Crippen molar-refractivity contribution in [2.75, 3.05) is 0 Å². The topological polar surface area (TPSA) is 113 Å². The van der Waals surface area contributed by atoms with E-state index in [9.17, 15) is 14.7 Å². The highest BCUT2D eigenvalue weighted by molar-refractivity contribution is 5.86. The Kier molecular flexibility index (Phi) is 4.55. The van der Waals surface area contributed by atoms with Crippen molar-refractivity contribution in [3.8, 4) is 0 Å². The minimum absolute atomic E-state index is 0.140. The Morgan fingerprint density at radius 3 is 2.92 bits per heavy atom. The lowest BCUT2D eigenvalue weighted by Crippen LogP contribution is -2.42. The number of fused-ring (bicyclic) bond motifs is 1. The number of nitrogens with one attached hydrogen (secondary N) is 2. The summed E-state index contributed by atoms with van der Waals surface area (Å²) in [4.78, 5) is 30.4. The average molecular weight is 327 g/mol. The second-order valence-corrected chi connectivity index (χ2v) is 5.43. The Morgan fingerprint density at radius 1 is 1.33 bits per heavy atom. The summed E-state index contributed by atoms with van der Waals surface area (Å²) in [6, 6.07) is 6.67. The second-order valence-electron chi connectivity index (χ2n) is 5.43. The number of rotatable bonds is 7. The summed E-state index contributed by atoms with van der Waals surface area (Å²) >= 11 is 0. The van der Waals surface area contributed by atoms with Gasteiger partial charge in [-0.2, -0.15) is 5.10 Å². The maximum Gasteiger partial charge on any atom is 0.326 e. The lowest BCUT2D eigenvalue weighted by molar-refractivity contribution is -0.141. The van der Waals surface area contributed by atoms with Gasteiger partial charge in [-0.25, -0.2) is 9.78 Å². The fourth-order valence-corrected chi connectivity index (χ4v) is 2.55. The van der Waals surface area contributed by atoms with Crippen molar-refractivity contribution in [1.82, 2.24) is 25.1 Å². The van der Waals surface area contributed by atoms with Crippen LogP contribution >= 0.6 is 0 Å². The lowest BCUT2D eigenvalue weighted by Gasteiger charge is -2.14. The standard InChI is InChI=1S/C16H17N5O3/c22-15(5-6-21-10-17-9-19-21)20-14(16(23)24)7-11-8-18-13-4-2-1-3-12(11)13/h1-4,8-10,14,18H,5-7H2,(H,20,22)(H,23,24)/t14-/m0/s1. The third-order valence-corrected chi connectivity index (χ3v) is 3.77. The molecule has 1 atom stereocenters. The number of para-hydroxylation sites is 1. The molecule has 2 aromatic heterocycles. The van der Waals surface area contributed by atoms with Gasteiger partial charge in [-0.3, -0.25) is 9.48 Å². The molecule has 0 aliphatic heterocycles. The van der Waals surface area contributed by atoms with Crippen molar-refractivity contribution in [1.29, 1.82) is 0 Å². The average Bonchev–Trinajstić information content (AvgIpc) is 3.22. The first-order valence-electron chi connectivity index (χ1n) is 7.53. The zero-order chi connectivity index (χ0) is 16.9. The quantitative estimate of drug-likeness (QED) is 0.598. The first-order valence-corrected chi connectivity index (χ1v) is 7.53. The molecule has 3 N–H and O–H groups in total. The molecule has 1 aromatic carbocycles. The Labute approximate surface area is 137 Å². The van der Waals surface area contributed by atoms with Gasteiger partial charge < -0.3 is 15.4 Å². The predicted molar refractivity (Wildman–Crippen MR) is 86.2 cm³/mol. The van der Waals surface area contributed by atoms with E-state index in [0.717, 1.165) is 16.5 Å². The summed E-state index contributed by atoms with van der Waals surface area (Å²) in [5, 5.41) is 16.8. The van der Waals surface area contributed by atoms with E-state index < -0.39 is 12.0 Å². The van der Waals surface area contributed by atoms with Crippen LogP contribution in [-0.2, 0) is 22.6 Å². The fourth-order valence-electron chi connectivity index (χ4n) is 2.55. The second kappa shape index (κ2) is 6.95. The summed E-state index contributed by atoms with van der Waals surface area (Å²) in [6.45, 7) is 0.352. The largest absolute Gasteiger partial charge is 0.480 e. The van der Waals surface area contributed by atoms with Crippen LogP contribution in [0.25, 0.3) is 10.9 Å². The van der Waals surface area contributed by atoms with E-state index >= 15 is 0 Å². The van der Waals surface area contributed by atoms with Gasteiger partial charge >= 0.3 is 5.97 Å². The van der Waals surface area contributed by atoms with Gasteiger partial charge in [0.15, 0.2) is 0 Å². The number of H-pyrrole nitrogens is 1. The Balaban J connectivity index is 1.64. The van der Waals surface area contributed by atoms with Crippen LogP contribution in [0, 0.1) is 0 Å². The van der Waals surface area contributed by atoms with Gasteiger partial charge in [0, 0.05) is 29.9 Å². The van der Waals surface area contributed by atoms with Crippen molar-refractivity contribution in [2.45, 2.75) is 25.4 Å². The van der Waals surface area contributed by atoms with E-state index in [2.05, 4.69) is 20.4 Å². The van der Waals surface area contributed by atoms with Crippen molar-refractivity contribution >= 4 is 22.8 Å². The van der Waals surface area contributed by atoms with Gasteiger partial charge in [-0.15, -0.1) is 0 Å². The third kappa shape index (κ3) is 3.60. The number of aromatic nitrogens is 4. The van der Waals surface area contributed by atoms with Crippen LogP contribution in [0.2, 0.25) is 0 Å². The Hall–Kier alpha value is -3.16. The number of aliphatic carboxylic acids is 1. The summed E-state index contributed by atoms with van der Waals surface area (Å²) in [6.07, 6.45) is 5.03. The predicted octanol–water partition coefficient (Wildman–Crippen LogP) is 0.962. The molecule has 8 heteroatoms. The number of carbonyl (C=O) groups is 2. The third-order valence-electron chi connectivity index (χ3n) is 3.77.